The summed E-state index contributed by atoms with van der Waals surface area (Å²) >= 11 is 0. The lowest BCUT2D eigenvalue weighted by molar-refractivity contribution is -0.0505. The van der Waals surface area contributed by atoms with Gasteiger partial charge in [0.1, 0.15) is 11.5 Å². The number of amides is 1. The van der Waals surface area contributed by atoms with E-state index in [2.05, 4.69) is 14.8 Å². The van der Waals surface area contributed by atoms with E-state index in [4.69, 9.17) is 0 Å². The smallest absolute Gasteiger partial charge is 0.387 e. The molecule has 0 saturated carbocycles. The van der Waals surface area contributed by atoms with Gasteiger partial charge in [0.2, 0.25) is 0 Å². The molecule has 0 saturated heterocycles. The molecule has 29 heavy (non-hydrogen) atoms. The molecule has 0 aliphatic carbocycles. The Morgan fingerprint density at radius 2 is 1.28 bits per heavy atom. The molecule has 0 aromatic heterocycles. The molecule has 3 rings (SSSR count). The van der Waals surface area contributed by atoms with Crippen LogP contribution in [-0.4, -0.2) is 19.1 Å². The quantitative estimate of drug-likeness (QED) is 0.505. The second-order valence-electron chi connectivity index (χ2n) is 5.84. The summed E-state index contributed by atoms with van der Waals surface area (Å²) in [6.45, 7) is -5.82. The van der Waals surface area contributed by atoms with Gasteiger partial charge in [0.25, 0.3) is 5.91 Å². The van der Waals surface area contributed by atoms with Gasteiger partial charge < -0.3 is 14.8 Å². The van der Waals surface area contributed by atoms with Crippen LogP contribution < -0.4 is 14.8 Å². The Morgan fingerprint density at radius 3 is 1.83 bits per heavy atom. The molecule has 0 unspecified atom stereocenters. The second kappa shape index (κ2) is 9.09. The van der Waals surface area contributed by atoms with Gasteiger partial charge in [-0.3, -0.25) is 4.79 Å². The van der Waals surface area contributed by atoms with Crippen LogP contribution in [0.2, 0.25) is 0 Å². The van der Waals surface area contributed by atoms with Gasteiger partial charge in [-0.1, -0.05) is 24.3 Å². The minimum absolute atomic E-state index is 0.0146. The first kappa shape index (κ1) is 20.2. The predicted molar refractivity (Wildman–Crippen MR) is 99.5 cm³/mol. The van der Waals surface area contributed by atoms with Crippen molar-refractivity contribution >= 4 is 11.6 Å². The lowest BCUT2D eigenvalue weighted by Gasteiger charge is -2.09. The minimum Gasteiger partial charge on any atom is -0.435 e. The Balaban J connectivity index is 1.70. The van der Waals surface area contributed by atoms with Crippen LogP contribution in [0.4, 0.5) is 23.2 Å². The number of alkyl halides is 4. The fourth-order valence-corrected chi connectivity index (χ4v) is 2.59. The molecule has 1 amide bonds. The summed E-state index contributed by atoms with van der Waals surface area (Å²) in [5, 5.41) is 2.66. The van der Waals surface area contributed by atoms with Crippen molar-refractivity contribution in [1.82, 2.24) is 0 Å². The molecule has 0 radical (unpaired) electrons. The highest BCUT2D eigenvalue weighted by atomic mass is 19.3. The summed E-state index contributed by atoms with van der Waals surface area (Å²) in [4.78, 5) is 12.5. The number of carbonyl (C=O) groups is 1. The Labute approximate surface area is 163 Å². The number of ether oxygens (including phenoxy) is 2. The summed E-state index contributed by atoms with van der Waals surface area (Å²) in [5.74, 6) is -0.372. The van der Waals surface area contributed by atoms with E-state index < -0.39 is 19.1 Å². The molecule has 3 aromatic rings. The summed E-state index contributed by atoms with van der Waals surface area (Å²) < 4.78 is 57.4. The van der Waals surface area contributed by atoms with Gasteiger partial charge in [0, 0.05) is 11.3 Å². The van der Waals surface area contributed by atoms with Crippen molar-refractivity contribution in [3.63, 3.8) is 0 Å². The van der Waals surface area contributed by atoms with Gasteiger partial charge in [-0.05, 0) is 59.7 Å². The molecule has 3 aromatic carbocycles. The van der Waals surface area contributed by atoms with Crippen LogP contribution in [0.15, 0.2) is 72.8 Å². The van der Waals surface area contributed by atoms with Crippen molar-refractivity contribution in [1.29, 1.82) is 0 Å². The Hall–Kier alpha value is -3.55. The van der Waals surface area contributed by atoms with Gasteiger partial charge in [-0.15, -0.1) is 0 Å². The fourth-order valence-electron chi connectivity index (χ4n) is 2.59. The zero-order valence-corrected chi connectivity index (χ0v) is 14.8. The van der Waals surface area contributed by atoms with Crippen LogP contribution in [0.25, 0.3) is 11.1 Å². The maximum Gasteiger partial charge on any atom is 0.387 e. The zero-order chi connectivity index (χ0) is 20.8. The highest BCUT2D eigenvalue weighted by Gasteiger charge is 2.10. The van der Waals surface area contributed by atoms with Gasteiger partial charge in [-0.25, -0.2) is 0 Å². The van der Waals surface area contributed by atoms with Gasteiger partial charge in [0.05, 0.1) is 0 Å². The molecule has 0 spiro atoms. The van der Waals surface area contributed by atoms with Crippen molar-refractivity contribution < 1.29 is 31.8 Å². The summed E-state index contributed by atoms with van der Waals surface area (Å²) in [5.41, 5.74) is 2.20. The van der Waals surface area contributed by atoms with Crippen molar-refractivity contribution in [2.75, 3.05) is 5.32 Å². The van der Waals surface area contributed by atoms with Crippen LogP contribution in [0, 0.1) is 0 Å². The molecule has 0 heterocycles. The Bertz CT molecular complexity index is 960. The van der Waals surface area contributed by atoms with Crippen LogP contribution in [-0.2, 0) is 0 Å². The molecule has 0 fully saturated rings. The summed E-state index contributed by atoms with van der Waals surface area (Å²) in [6.07, 6.45) is 0. The van der Waals surface area contributed by atoms with Gasteiger partial charge in [-0.2, -0.15) is 17.6 Å². The van der Waals surface area contributed by atoms with Crippen LogP contribution in [0.5, 0.6) is 11.5 Å². The fraction of sp³-hybridized carbons (Fsp3) is 0.0952. The summed E-state index contributed by atoms with van der Waals surface area (Å²) in [6, 6.07) is 18.3. The van der Waals surface area contributed by atoms with Crippen LogP contribution >= 0.6 is 0 Å². The van der Waals surface area contributed by atoms with E-state index in [9.17, 15) is 22.4 Å². The van der Waals surface area contributed by atoms with Crippen molar-refractivity contribution in [2.45, 2.75) is 13.2 Å². The average Bonchev–Trinajstić information content (AvgIpc) is 2.69. The highest BCUT2D eigenvalue weighted by molar-refractivity contribution is 6.05. The van der Waals surface area contributed by atoms with Crippen LogP contribution in [0.1, 0.15) is 10.4 Å². The number of nitrogens with one attached hydrogen (secondary N) is 1. The minimum atomic E-state index is -2.92. The first-order chi connectivity index (χ1) is 13.9. The molecule has 0 aliphatic heterocycles. The SMILES string of the molecule is O=C(Nc1ccc(OC(F)F)cc1)c1cccc(-c2ccc(OC(F)F)cc2)c1. The van der Waals surface area contributed by atoms with E-state index >= 15 is 0 Å². The van der Waals surface area contributed by atoms with E-state index in [0.717, 1.165) is 5.56 Å². The largest absolute Gasteiger partial charge is 0.435 e. The summed E-state index contributed by atoms with van der Waals surface area (Å²) in [7, 11) is 0. The second-order valence-corrected chi connectivity index (χ2v) is 5.84. The predicted octanol–water partition coefficient (Wildman–Crippen LogP) is 5.81. The maximum absolute atomic E-state index is 12.5. The third kappa shape index (κ3) is 5.71. The first-order valence-electron chi connectivity index (χ1n) is 8.42. The van der Waals surface area contributed by atoms with Crippen molar-refractivity contribution in [3.8, 4) is 22.6 Å². The van der Waals surface area contributed by atoms with Crippen LogP contribution in [0.3, 0.4) is 0 Å². The molecule has 150 valence electrons. The molecule has 0 bridgehead atoms. The normalized spacial score (nSPS) is 10.8. The van der Waals surface area contributed by atoms with Crippen molar-refractivity contribution in [3.05, 3.63) is 78.4 Å². The third-order valence-corrected chi connectivity index (χ3v) is 3.87. The molecular weight excluding hydrogens is 390 g/mol. The van der Waals surface area contributed by atoms with Gasteiger partial charge >= 0.3 is 13.2 Å². The lowest BCUT2D eigenvalue weighted by Crippen LogP contribution is -2.12. The third-order valence-electron chi connectivity index (χ3n) is 3.87. The number of rotatable bonds is 7. The van der Waals surface area contributed by atoms with E-state index in [1.807, 2.05) is 0 Å². The number of carbonyl (C=O) groups excluding carboxylic acids is 1. The number of benzene rings is 3. The zero-order valence-electron chi connectivity index (χ0n) is 14.8. The molecule has 8 heteroatoms. The Morgan fingerprint density at radius 1 is 0.724 bits per heavy atom. The Kier molecular flexibility index (Phi) is 6.33. The van der Waals surface area contributed by atoms with E-state index in [1.54, 1.807) is 36.4 Å². The molecule has 0 aliphatic rings. The average molecular weight is 405 g/mol. The molecule has 4 nitrogen and oxygen atoms in total. The van der Waals surface area contributed by atoms with E-state index in [1.165, 1.54) is 36.4 Å². The molecular formula is C21H15F4NO3. The van der Waals surface area contributed by atoms with Crippen molar-refractivity contribution in [2.24, 2.45) is 0 Å². The number of anilines is 1. The highest BCUT2D eigenvalue weighted by Crippen LogP contribution is 2.25. The number of hydrogen-bond acceptors (Lipinski definition) is 3. The molecule has 1 N–H and O–H groups in total. The van der Waals surface area contributed by atoms with Gasteiger partial charge in [0.15, 0.2) is 0 Å². The maximum atomic E-state index is 12.5. The topological polar surface area (TPSA) is 47.6 Å². The number of halogens is 4. The molecule has 0 atom stereocenters. The standard InChI is InChI=1S/C21H15F4NO3/c22-20(23)28-17-8-4-13(5-9-17)14-2-1-3-15(12-14)19(27)26-16-6-10-18(11-7-16)29-21(24)25/h1-12,20-21H,(H,26,27). The first-order valence-corrected chi connectivity index (χ1v) is 8.42. The van der Waals surface area contributed by atoms with E-state index in [-0.39, 0.29) is 11.5 Å². The number of hydrogen-bond donors (Lipinski definition) is 1. The van der Waals surface area contributed by atoms with E-state index in [0.29, 0.717) is 16.8 Å². The monoisotopic (exact) mass is 405 g/mol. The lowest BCUT2D eigenvalue weighted by atomic mass is 10.0.